The smallest absolute Gasteiger partial charge is 0.240 e. The van der Waals surface area contributed by atoms with Gasteiger partial charge in [0.25, 0.3) is 0 Å². The van der Waals surface area contributed by atoms with Crippen LogP contribution in [0.5, 0.6) is 0 Å². The van der Waals surface area contributed by atoms with Crippen LogP contribution in [0.15, 0.2) is 23.1 Å². The molecule has 7 heteroatoms. The van der Waals surface area contributed by atoms with Gasteiger partial charge in [0.05, 0.1) is 15.5 Å². The van der Waals surface area contributed by atoms with E-state index in [9.17, 15) is 8.42 Å². The maximum Gasteiger partial charge on any atom is 0.240 e. The monoisotopic (exact) mass is 302 g/mol. The first kappa shape index (κ1) is 15.9. The summed E-state index contributed by atoms with van der Waals surface area (Å²) in [4.78, 5) is 0.0427. The van der Waals surface area contributed by atoms with E-state index < -0.39 is 10.0 Å². The van der Waals surface area contributed by atoms with Crippen LogP contribution in [0.2, 0.25) is 5.02 Å². The van der Waals surface area contributed by atoms with Gasteiger partial charge in [0.1, 0.15) is 6.07 Å². The second kappa shape index (κ2) is 6.87. The first-order valence-electron chi connectivity index (χ1n) is 5.59. The predicted molar refractivity (Wildman–Crippen MR) is 72.4 cm³/mol. The van der Waals surface area contributed by atoms with Crippen LogP contribution in [-0.2, 0) is 14.8 Å². The van der Waals surface area contributed by atoms with Crippen LogP contribution in [0, 0.1) is 17.2 Å². The van der Waals surface area contributed by atoms with Gasteiger partial charge >= 0.3 is 0 Å². The van der Waals surface area contributed by atoms with Gasteiger partial charge in [-0.3, -0.25) is 0 Å². The Balaban J connectivity index is 2.84. The van der Waals surface area contributed by atoms with Crippen molar-refractivity contribution < 1.29 is 13.2 Å². The minimum absolute atomic E-state index is 0.0427. The van der Waals surface area contributed by atoms with Gasteiger partial charge in [-0.25, -0.2) is 13.1 Å². The second-order valence-electron chi connectivity index (χ2n) is 4.17. The van der Waals surface area contributed by atoms with Crippen molar-refractivity contribution in [1.82, 2.24) is 4.72 Å². The average Bonchev–Trinajstić information content (AvgIpc) is 2.37. The highest BCUT2D eigenvalue weighted by atomic mass is 35.5. The summed E-state index contributed by atoms with van der Waals surface area (Å²) in [6.45, 7) is 2.61. The number of sulfonamides is 1. The quantitative estimate of drug-likeness (QED) is 0.868. The molecule has 0 saturated heterocycles. The Morgan fingerprint density at radius 3 is 2.74 bits per heavy atom. The van der Waals surface area contributed by atoms with Crippen LogP contribution in [0.25, 0.3) is 0 Å². The van der Waals surface area contributed by atoms with E-state index in [-0.39, 0.29) is 27.9 Å². The number of benzene rings is 1. The SMILES string of the molecule is COCC(C)CNS(=O)(=O)c1ccc(C#N)c(Cl)c1. The molecular weight excluding hydrogens is 288 g/mol. The van der Waals surface area contributed by atoms with Crippen molar-refractivity contribution in [3.8, 4) is 6.07 Å². The summed E-state index contributed by atoms with van der Waals surface area (Å²) >= 11 is 5.81. The molecule has 1 aromatic rings. The Morgan fingerprint density at radius 1 is 1.53 bits per heavy atom. The summed E-state index contributed by atoms with van der Waals surface area (Å²) in [5.74, 6) is 0.0635. The Morgan fingerprint density at radius 2 is 2.21 bits per heavy atom. The summed E-state index contributed by atoms with van der Waals surface area (Å²) in [7, 11) is -2.06. The molecule has 0 spiro atoms. The van der Waals surface area contributed by atoms with Gasteiger partial charge < -0.3 is 4.74 Å². The van der Waals surface area contributed by atoms with Crippen LogP contribution in [0.4, 0.5) is 0 Å². The largest absolute Gasteiger partial charge is 0.384 e. The molecule has 1 rings (SSSR count). The van der Waals surface area contributed by atoms with E-state index in [4.69, 9.17) is 21.6 Å². The molecule has 0 aliphatic heterocycles. The number of nitrogens with zero attached hydrogens (tertiary/aromatic N) is 1. The van der Waals surface area contributed by atoms with E-state index >= 15 is 0 Å². The number of methoxy groups -OCH3 is 1. The van der Waals surface area contributed by atoms with Crippen LogP contribution in [0.3, 0.4) is 0 Å². The average molecular weight is 303 g/mol. The standard InChI is InChI=1S/C12H15ClN2O3S/c1-9(8-18-2)7-15-19(16,17)11-4-3-10(6-14)12(13)5-11/h3-5,9,15H,7-8H2,1-2H3. The Bertz CT molecular complexity index is 581. The molecule has 0 aromatic heterocycles. The molecule has 1 unspecified atom stereocenters. The minimum Gasteiger partial charge on any atom is -0.384 e. The van der Waals surface area contributed by atoms with Crippen LogP contribution < -0.4 is 4.72 Å². The molecule has 19 heavy (non-hydrogen) atoms. The molecule has 1 aromatic carbocycles. The van der Waals surface area contributed by atoms with Crippen molar-refractivity contribution in [2.45, 2.75) is 11.8 Å². The van der Waals surface area contributed by atoms with Gasteiger partial charge in [-0.1, -0.05) is 18.5 Å². The lowest BCUT2D eigenvalue weighted by molar-refractivity contribution is 0.161. The predicted octanol–water partition coefficient (Wildman–Crippen LogP) is 1.77. The fraction of sp³-hybridized carbons (Fsp3) is 0.417. The summed E-state index contributed by atoms with van der Waals surface area (Å²) in [5.41, 5.74) is 0.244. The normalized spacial score (nSPS) is 12.9. The van der Waals surface area contributed by atoms with E-state index in [0.717, 1.165) is 0 Å². The summed E-state index contributed by atoms with van der Waals surface area (Å²) in [6.07, 6.45) is 0. The Hall–Kier alpha value is -1.13. The molecular formula is C12H15ClN2O3S. The highest BCUT2D eigenvalue weighted by Gasteiger charge is 2.16. The van der Waals surface area contributed by atoms with E-state index in [1.54, 1.807) is 7.11 Å². The fourth-order valence-corrected chi connectivity index (χ4v) is 2.91. The lowest BCUT2D eigenvalue weighted by Gasteiger charge is -2.12. The molecule has 0 aliphatic rings. The highest BCUT2D eigenvalue weighted by Crippen LogP contribution is 2.20. The van der Waals surface area contributed by atoms with Crippen molar-refractivity contribution in [1.29, 1.82) is 5.26 Å². The Labute approximate surface area is 118 Å². The summed E-state index contributed by atoms with van der Waals surface area (Å²) in [5, 5.41) is 8.85. The van der Waals surface area contributed by atoms with Crippen molar-refractivity contribution >= 4 is 21.6 Å². The maximum absolute atomic E-state index is 12.0. The number of halogens is 1. The van der Waals surface area contributed by atoms with Crippen molar-refractivity contribution in [3.05, 3.63) is 28.8 Å². The van der Waals surface area contributed by atoms with E-state index in [1.807, 2.05) is 13.0 Å². The topological polar surface area (TPSA) is 79.2 Å². The lowest BCUT2D eigenvalue weighted by Crippen LogP contribution is -2.30. The molecule has 1 atom stereocenters. The van der Waals surface area contributed by atoms with Crippen molar-refractivity contribution in [3.63, 3.8) is 0 Å². The molecule has 1 N–H and O–H groups in total. The highest BCUT2D eigenvalue weighted by molar-refractivity contribution is 7.89. The first-order valence-corrected chi connectivity index (χ1v) is 7.45. The van der Waals surface area contributed by atoms with Crippen LogP contribution >= 0.6 is 11.6 Å². The number of nitriles is 1. The van der Waals surface area contributed by atoms with Gasteiger partial charge in [0, 0.05) is 20.3 Å². The first-order chi connectivity index (χ1) is 8.90. The third kappa shape index (κ3) is 4.48. The molecule has 0 aliphatic carbocycles. The number of rotatable bonds is 6. The van der Waals surface area contributed by atoms with Gasteiger partial charge in [0.2, 0.25) is 10.0 Å². The summed E-state index contributed by atoms with van der Waals surface area (Å²) < 4.78 is 31.4. The molecule has 104 valence electrons. The molecule has 0 radical (unpaired) electrons. The fourth-order valence-electron chi connectivity index (χ4n) is 1.43. The molecule has 0 heterocycles. The van der Waals surface area contributed by atoms with Crippen molar-refractivity contribution in [2.75, 3.05) is 20.3 Å². The molecule has 5 nitrogen and oxygen atoms in total. The number of hydrogen-bond acceptors (Lipinski definition) is 4. The van der Waals surface area contributed by atoms with Gasteiger partial charge in [-0.05, 0) is 24.1 Å². The van der Waals surface area contributed by atoms with E-state index in [1.165, 1.54) is 18.2 Å². The molecule has 0 saturated carbocycles. The zero-order valence-corrected chi connectivity index (χ0v) is 12.3. The third-order valence-electron chi connectivity index (χ3n) is 2.44. The minimum atomic E-state index is -3.62. The lowest BCUT2D eigenvalue weighted by atomic mass is 10.2. The Kier molecular flexibility index (Phi) is 5.76. The molecule has 0 bridgehead atoms. The van der Waals surface area contributed by atoms with Gasteiger partial charge in [0.15, 0.2) is 0 Å². The number of hydrogen-bond donors (Lipinski definition) is 1. The van der Waals surface area contributed by atoms with E-state index in [0.29, 0.717) is 6.61 Å². The third-order valence-corrected chi connectivity index (χ3v) is 4.18. The van der Waals surface area contributed by atoms with Crippen LogP contribution in [-0.4, -0.2) is 28.7 Å². The van der Waals surface area contributed by atoms with Crippen molar-refractivity contribution in [2.24, 2.45) is 5.92 Å². The molecule has 0 amide bonds. The van der Waals surface area contributed by atoms with E-state index in [2.05, 4.69) is 4.72 Å². The second-order valence-corrected chi connectivity index (χ2v) is 6.34. The zero-order chi connectivity index (χ0) is 14.5. The molecule has 0 fully saturated rings. The number of nitrogens with one attached hydrogen (secondary N) is 1. The maximum atomic E-state index is 12.0. The number of ether oxygens (including phenoxy) is 1. The van der Waals surface area contributed by atoms with Crippen LogP contribution in [0.1, 0.15) is 12.5 Å². The zero-order valence-electron chi connectivity index (χ0n) is 10.7. The summed E-state index contributed by atoms with van der Waals surface area (Å²) in [6, 6.07) is 5.88. The van der Waals surface area contributed by atoms with Gasteiger partial charge in [-0.15, -0.1) is 0 Å². The van der Waals surface area contributed by atoms with Gasteiger partial charge in [-0.2, -0.15) is 5.26 Å².